The summed E-state index contributed by atoms with van der Waals surface area (Å²) in [7, 11) is 0. The fourth-order valence-electron chi connectivity index (χ4n) is 2.05. The molecule has 0 heterocycles. The van der Waals surface area contributed by atoms with E-state index in [2.05, 4.69) is 39.8 Å². The Morgan fingerprint density at radius 1 is 1.00 bits per heavy atom. The summed E-state index contributed by atoms with van der Waals surface area (Å²) in [5.74, 6) is 0.542. The van der Waals surface area contributed by atoms with Gasteiger partial charge in [0.1, 0.15) is 0 Å². The van der Waals surface area contributed by atoms with Gasteiger partial charge in [0.05, 0.1) is 0 Å². The number of hydrogen-bond acceptors (Lipinski definition) is 1. The van der Waals surface area contributed by atoms with Crippen LogP contribution in [0.5, 0.6) is 0 Å². The molecule has 1 heteroatoms. The van der Waals surface area contributed by atoms with Gasteiger partial charge in [0.25, 0.3) is 0 Å². The molecule has 0 saturated heterocycles. The summed E-state index contributed by atoms with van der Waals surface area (Å²) < 4.78 is 0. The van der Waals surface area contributed by atoms with Crippen LogP contribution in [0.3, 0.4) is 0 Å². The van der Waals surface area contributed by atoms with Gasteiger partial charge in [-0.15, -0.1) is 0 Å². The average Bonchev–Trinajstić information content (AvgIpc) is 2.81. The lowest BCUT2D eigenvalue weighted by atomic mass is 9.93. The Balaban J connectivity index is 2.55. The van der Waals surface area contributed by atoms with Crippen molar-refractivity contribution in [3.8, 4) is 11.1 Å². The molecule has 78 valence electrons. The first-order valence-electron chi connectivity index (χ1n) is 5.38. The Labute approximate surface area is 90.4 Å². The Kier molecular flexibility index (Phi) is 2.26. The van der Waals surface area contributed by atoms with E-state index in [4.69, 9.17) is 0 Å². The smallest absolute Gasteiger partial charge is 0.187 e. The zero-order chi connectivity index (χ0) is 11.2. The quantitative estimate of drug-likeness (QED) is 0.726. The standard InChI is InChI=1S/C14H16O/c1-8(2)11-5-9(3)14(10(4)6-11)12-7-13(12)15/h5-8H,1-4H3. The maximum Gasteiger partial charge on any atom is 0.187 e. The van der Waals surface area contributed by atoms with Gasteiger partial charge >= 0.3 is 0 Å². The molecule has 0 bridgehead atoms. The molecule has 0 atom stereocenters. The van der Waals surface area contributed by atoms with E-state index in [1.807, 2.05) is 0 Å². The number of rotatable bonds is 2. The molecule has 1 nitrogen and oxygen atoms in total. The fraction of sp³-hybridized carbons (Fsp3) is 0.357. The fourth-order valence-corrected chi connectivity index (χ4v) is 2.05. The summed E-state index contributed by atoms with van der Waals surface area (Å²) in [6, 6.07) is 6.10. The van der Waals surface area contributed by atoms with E-state index in [1.54, 1.807) is 6.07 Å². The van der Waals surface area contributed by atoms with Crippen molar-refractivity contribution in [2.45, 2.75) is 33.6 Å². The maximum atomic E-state index is 11.1. The Morgan fingerprint density at radius 2 is 1.47 bits per heavy atom. The van der Waals surface area contributed by atoms with E-state index >= 15 is 0 Å². The second kappa shape index (κ2) is 3.34. The van der Waals surface area contributed by atoms with Crippen LogP contribution in [0.1, 0.15) is 36.5 Å². The van der Waals surface area contributed by atoms with E-state index in [0.717, 1.165) is 11.1 Å². The topological polar surface area (TPSA) is 17.1 Å². The molecule has 2 aromatic carbocycles. The van der Waals surface area contributed by atoms with Gasteiger partial charge in [-0.25, -0.2) is 0 Å². The molecule has 0 unspecified atom stereocenters. The third-order valence-electron chi connectivity index (χ3n) is 2.95. The molecule has 0 amide bonds. The summed E-state index contributed by atoms with van der Waals surface area (Å²) in [4.78, 5) is 11.1. The molecule has 0 aromatic heterocycles. The van der Waals surface area contributed by atoms with Crippen molar-refractivity contribution in [2.75, 3.05) is 0 Å². The molecule has 0 aliphatic heterocycles. The first-order valence-corrected chi connectivity index (χ1v) is 5.38. The minimum absolute atomic E-state index is 0.193. The van der Waals surface area contributed by atoms with E-state index in [-0.39, 0.29) is 5.43 Å². The minimum Gasteiger partial charge on any atom is -0.289 e. The second-order valence-corrected chi connectivity index (χ2v) is 4.61. The molecule has 0 N–H and O–H groups in total. The largest absolute Gasteiger partial charge is 0.289 e. The van der Waals surface area contributed by atoms with E-state index in [0.29, 0.717) is 5.92 Å². The van der Waals surface area contributed by atoms with Gasteiger partial charge in [-0.3, -0.25) is 4.79 Å². The SMILES string of the molecule is Cc1cc(C(C)C)cc(C)c1-c1cc1=O. The second-order valence-electron chi connectivity index (χ2n) is 4.61. The highest BCUT2D eigenvalue weighted by atomic mass is 16.1. The van der Waals surface area contributed by atoms with Crippen molar-refractivity contribution in [3.63, 3.8) is 0 Å². The summed E-state index contributed by atoms with van der Waals surface area (Å²) in [5, 5.41) is 0. The lowest BCUT2D eigenvalue weighted by Crippen LogP contribution is -1.94. The molecular weight excluding hydrogens is 184 g/mol. The molecule has 2 rings (SSSR count). The minimum atomic E-state index is 0.193. The van der Waals surface area contributed by atoms with Crippen LogP contribution < -0.4 is 5.43 Å². The van der Waals surface area contributed by atoms with Crippen molar-refractivity contribution < 1.29 is 0 Å². The summed E-state index contributed by atoms with van der Waals surface area (Å²) in [5.41, 5.74) is 6.03. The van der Waals surface area contributed by atoms with Gasteiger partial charge in [-0.05, 0) is 48.1 Å². The van der Waals surface area contributed by atoms with Crippen molar-refractivity contribution in [1.29, 1.82) is 0 Å². The Hall–Kier alpha value is -1.37. The normalized spacial score (nSPS) is 11.5. The first-order chi connectivity index (χ1) is 7.00. The van der Waals surface area contributed by atoms with Crippen molar-refractivity contribution >= 4 is 0 Å². The van der Waals surface area contributed by atoms with Crippen LogP contribution in [-0.4, -0.2) is 0 Å². The highest BCUT2D eigenvalue weighted by molar-refractivity contribution is 5.76. The lowest BCUT2D eigenvalue weighted by molar-refractivity contribution is 0.863. The lowest BCUT2D eigenvalue weighted by Gasteiger charge is -2.12. The van der Waals surface area contributed by atoms with Gasteiger partial charge in [0, 0.05) is 5.56 Å². The third kappa shape index (κ3) is 1.74. The summed E-state index contributed by atoms with van der Waals surface area (Å²) in [6.07, 6.45) is 0. The van der Waals surface area contributed by atoms with Crippen molar-refractivity contribution in [1.82, 2.24) is 0 Å². The Morgan fingerprint density at radius 3 is 1.80 bits per heavy atom. The zero-order valence-electron chi connectivity index (χ0n) is 9.72. The van der Waals surface area contributed by atoms with Crippen molar-refractivity contribution in [2.24, 2.45) is 0 Å². The van der Waals surface area contributed by atoms with E-state index < -0.39 is 0 Å². The van der Waals surface area contributed by atoms with Gasteiger partial charge in [0.15, 0.2) is 5.43 Å². The third-order valence-corrected chi connectivity index (χ3v) is 2.95. The molecule has 2 aromatic rings. The zero-order valence-corrected chi connectivity index (χ0v) is 9.72. The first kappa shape index (κ1) is 10.2. The van der Waals surface area contributed by atoms with Gasteiger partial charge in [-0.2, -0.15) is 0 Å². The van der Waals surface area contributed by atoms with Gasteiger partial charge in [0.2, 0.25) is 0 Å². The molecule has 0 fully saturated rings. The molecule has 15 heavy (non-hydrogen) atoms. The predicted octanol–water partition coefficient (Wildman–Crippen LogP) is 3.33. The van der Waals surface area contributed by atoms with Crippen LogP contribution in [0.15, 0.2) is 23.0 Å². The highest BCUT2D eigenvalue weighted by Crippen LogP contribution is 2.30. The molecule has 0 aliphatic carbocycles. The predicted molar refractivity (Wildman–Crippen MR) is 64.1 cm³/mol. The number of hydrogen-bond donors (Lipinski definition) is 0. The van der Waals surface area contributed by atoms with Crippen LogP contribution in [0.25, 0.3) is 11.1 Å². The molecule has 0 aliphatic rings. The Bertz CT molecular complexity index is 488. The van der Waals surface area contributed by atoms with E-state index in [9.17, 15) is 4.79 Å². The average molecular weight is 200 g/mol. The molecular formula is C14H16O. The van der Waals surface area contributed by atoms with Crippen LogP contribution >= 0.6 is 0 Å². The summed E-state index contributed by atoms with van der Waals surface area (Å²) in [6.45, 7) is 8.55. The highest BCUT2D eigenvalue weighted by Gasteiger charge is 2.16. The van der Waals surface area contributed by atoms with Crippen LogP contribution in [-0.2, 0) is 0 Å². The maximum absolute atomic E-state index is 11.1. The summed E-state index contributed by atoms with van der Waals surface area (Å²) >= 11 is 0. The number of benzene rings is 1. The molecule has 0 saturated carbocycles. The van der Waals surface area contributed by atoms with Crippen LogP contribution in [0, 0.1) is 13.8 Å². The van der Waals surface area contributed by atoms with Crippen LogP contribution in [0.2, 0.25) is 0 Å². The van der Waals surface area contributed by atoms with Crippen LogP contribution in [0.4, 0.5) is 0 Å². The molecule has 0 radical (unpaired) electrons. The van der Waals surface area contributed by atoms with Gasteiger partial charge in [-0.1, -0.05) is 26.0 Å². The number of aryl methyl sites for hydroxylation is 2. The van der Waals surface area contributed by atoms with Crippen molar-refractivity contribution in [3.05, 3.63) is 45.1 Å². The molecule has 0 spiro atoms. The van der Waals surface area contributed by atoms with Gasteiger partial charge < -0.3 is 0 Å². The monoisotopic (exact) mass is 200 g/mol. The van der Waals surface area contributed by atoms with E-state index in [1.165, 1.54) is 16.7 Å².